The Morgan fingerprint density at radius 3 is 2.62 bits per heavy atom. The summed E-state index contributed by atoms with van der Waals surface area (Å²) in [4.78, 5) is 4.34. The third kappa shape index (κ3) is 2.51. The van der Waals surface area contributed by atoms with Crippen molar-refractivity contribution in [3.63, 3.8) is 0 Å². The maximum Gasteiger partial charge on any atom is 0.228 e. The highest BCUT2D eigenvalue weighted by atomic mass is 16.4. The number of nitrogens with zero attached hydrogens (tertiary/aromatic N) is 2. The van der Waals surface area contributed by atoms with Crippen molar-refractivity contribution in [1.82, 2.24) is 4.98 Å². The van der Waals surface area contributed by atoms with Crippen LogP contribution in [0.2, 0.25) is 0 Å². The van der Waals surface area contributed by atoms with E-state index in [4.69, 9.17) is 9.68 Å². The molecular formula is C17H14N2O2. The molecule has 0 bridgehead atoms. The Bertz CT molecular complexity index is 803. The van der Waals surface area contributed by atoms with Gasteiger partial charge in [0.25, 0.3) is 0 Å². The zero-order valence-electron chi connectivity index (χ0n) is 11.5. The van der Waals surface area contributed by atoms with Crippen LogP contribution in [0.3, 0.4) is 0 Å². The number of hydrogen-bond acceptors (Lipinski definition) is 4. The van der Waals surface area contributed by atoms with Crippen molar-refractivity contribution >= 4 is 11.1 Å². The molecule has 104 valence electrons. The van der Waals surface area contributed by atoms with Crippen molar-refractivity contribution in [1.29, 1.82) is 5.26 Å². The Labute approximate surface area is 122 Å². The van der Waals surface area contributed by atoms with Gasteiger partial charge in [-0.05, 0) is 30.2 Å². The molecule has 0 fully saturated rings. The van der Waals surface area contributed by atoms with Crippen LogP contribution in [0.5, 0.6) is 0 Å². The normalized spacial score (nSPS) is 13.8. The summed E-state index contributed by atoms with van der Waals surface area (Å²) in [6.45, 7) is 1.83. The molecule has 0 spiro atoms. The lowest BCUT2D eigenvalue weighted by Crippen LogP contribution is -1.99. The fourth-order valence-electron chi connectivity index (χ4n) is 2.20. The molecule has 0 saturated heterocycles. The summed E-state index contributed by atoms with van der Waals surface area (Å²) in [6, 6.07) is 16.9. The summed E-state index contributed by atoms with van der Waals surface area (Å²) in [5, 5.41) is 19.3. The average Bonchev–Trinajstić information content (AvgIpc) is 2.97. The minimum atomic E-state index is -0.893. The highest BCUT2D eigenvalue weighted by Crippen LogP contribution is 2.27. The minimum absolute atomic E-state index is 0.200. The van der Waals surface area contributed by atoms with Gasteiger partial charge in [-0.1, -0.05) is 36.4 Å². The molecule has 3 aromatic rings. The van der Waals surface area contributed by atoms with Gasteiger partial charge in [-0.25, -0.2) is 4.98 Å². The van der Waals surface area contributed by atoms with E-state index >= 15 is 0 Å². The van der Waals surface area contributed by atoms with Crippen molar-refractivity contribution in [2.75, 3.05) is 0 Å². The molecule has 2 atom stereocenters. The van der Waals surface area contributed by atoms with Gasteiger partial charge in [-0.2, -0.15) is 5.26 Å². The zero-order valence-corrected chi connectivity index (χ0v) is 11.5. The summed E-state index contributed by atoms with van der Waals surface area (Å²) in [6.07, 6.45) is -0.893. The molecule has 0 aliphatic rings. The Hall–Kier alpha value is -2.64. The maximum atomic E-state index is 10.3. The standard InChI is InChI=1S/C17H14N2O2/c1-11(10-18)13-7-8-15-14(9-13)19-17(21-15)16(20)12-5-3-2-4-6-12/h2-9,11,16,20H,1H3. The first-order valence-electron chi connectivity index (χ1n) is 6.72. The van der Waals surface area contributed by atoms with Crippen LogP contribution in [0.25, 0.3) is 11.1 Å². The lowest BCUT2D eigenvalue weighted by Gasteiger charge is -2.05. The average molecular weight is 278 g/mol. The molecule has 3 rings (SSSR count). The van der Waals surface area contributed by atoms with Crippen LogP contribution in [-0.2, 0) is 0 Å². The van der Waals surface area contributed by atoms with Crippen molar-refractivity contribution in [2.45, 2.75) is 18.9 Å². The molecule has 0 amide bonds. The number of hydrogen-bond donors (Lipinski definition) is 1. The van der Waals surface area contributed by atoms with E-state index < -0.39 is 6.10 Å². The molecule has 0 aliphatic heterocycles. The smallest absolute Gasteiger partial charge is 0.228 e. The van der Waals surface area contributed by atoms with E-state index in [0.717, 1.165) is 11.1 Å². The van der Waals surface area contributed by atoms with E-state index in [1.165, 1.54) is 0 Å². The molecule has 0 saturated carbocycles. The van der Waals surface area contributed by atoms with Gasteiger partial charge in [0.2, 0.25) is 5.89 Å². The number of benzene rings is 2. The number of fused-ring (bicyclic) bond motifs is 1. The van der Waals surface area contributed by atoms with Gasteiger partial charge >= 0.3 is 0 Å². The van der Waals surface area contributed by atoms with Crippen LogP contribution in [0.1, 0.15) is 36.0 Å². The van der Waals surface area contributed by atoms with Crippen molar-refractivity contribution in [3.8, 4) is 6.07 Å². The number of aliphatic hydroxyl groups is 1. The van der Waals surface area contributed by atoms with Gasteiger partial charge < -0.3 is 9.52 Å². The largest absolute Gasteiger partial charge is 0.437 e. The first-order valence-corrected chi connectivity index (χ1v) is 6.72. The molecule has 4 heteroatoms. The van der Waals surface area contributed by atoms with Crippen LogP contribution < -0.4 is 0 Å². The van der Waals surface area contributed by atoms with E-state index in [9.17, 15) is 5.11 Å². The Balaban J connectivity index is 2.00. The van der Waals surface area contributed by atoms with Gasteiger partial charge in [0.05, 0.1) is 12.0 Å². The zero-order chi connectivity index (χ0) is 14.8. The summed E-state index contributed by atoms with van der Waals surface area (Å²) >= 11 is 0. The monoisotopic (exact) mass is 278 g/mol. The SMILES string of the molecule is CC(C#N)c1ccc2oc(C(O)c3ccccc3)nc2c1. The van der Waals surface area contributed by atoms with Crippen LogP contribution >= 0.6 is 0 Å². The molecule has 2 unspecified atom stereocenters. The summed E-state index contributed by atoms with van der Waals surface area (Å²) < 4.78 is 5.61. The predicted octanol–water partition coefficient (Wildman–Crippen LogP) is 3.54. The molecule has 1 N–H and O–H groups in total. The molecule has 4 nitrogen and oxygen atoms in total. The number of aromatic nitrogens is 1. The van der Waals surface area contributed by atoms with Crippen LogP contribution in [0, 0.1) is 11.3 Å². The quantitative estimate of drug-likeness (QED) is 0.795. The van der Waals surface area contributed by atoms with Gasteiger partial charge in [-0.15, -0.1) is 0 Å². The number of oxazole rings is 1. The van der Waals surface area contributed by atoms with Crippen LogP contribution in [0.15, 0.2) is 52.9 Å². The predicted molar refractivity (Wildman–Crippen MR) is 78.5 cm³/mol. The first kappa shape index (κ1) is 13.3. The van der Waals surface area contributed by atoms with Crippen molar-refractivity contribution < 1.29 is 9.52 Å². The van der Waals surface area contributed by atoms with Gasteiger partial charge in [0.1, 0.15) is 5.52 Å². The highest BCUT2D eigenvalue weighted by Gasteiger charge is 2.17. The second-order valence-electron chi connectivity index (χ2n) is 4.94. The second kappa shape index (κ2) is 5.39. The molecule has 1 heterocycles. The van der Waals surface area contributed by atoms with E-state index in [0.29, 0.717) is 11.1 Å². The summed E-state index contributed by atoms with van der Waals surface area (Å²) in [7, 11) is 0. The number of rotatable bonds is 3. The third-order valence-electron chi connectivity index (χ3n) is 3.47. The van der Waals surface area contributed by atoms with E-state index in [1.54, 1.807) is 6.07 Å². The van der Waals surface area contributed by atoms with Crippen molar-refractivity contribution in [2.24, 2.45) is 0 Å². The molecule has 0 radical (unpaired) electrons. The molecule has 0 aliphatic carbocycles. The third-order valence-corrected chi connectivity index (χ3v) is 3.47. The summed E-state index contributed by atoms with van der Waals surface area (Å²) in [5.41, 5.74) is 2.88. The topological polar surface area (TPSA) is 70.0 Å². The minimum Gasteiger partial charge on any atom is -0.437 e. The van der Waals surface area contributed by atoms with Gasteiger partial charge in [0.15, 0.2) is 11.7 Å². The number of aliphatic hydroxyl groups excluding tert-OH is 1. The fourth-order valence-corrected chi connectivity index (χ4v) is 2.20. The number of nitriles is 1. The molecule has 2 aromatic carbocycles. The lowest BCUT2D eigenvalue weighted by atomic mass is 10.0. The maximum absolute atomic E-state index is 10.3. The Morgan fingerprint density at radius 2 is 1.90 bits per heavy atom. The van der Waals surface area contributed by atoms with Gasteiger partial charge in [0, 0.05) is 0 Å². The van der Waals surface area contributed by atoms with Crippen molar-refractivity contribution in [3.05, 3.63) is 65.5 Å². The van der Waals surface area contributed by atoms with E-state index in [2.05, 4.69) is 11.1 Å². The highest BCUT2D eigenvalue weighted by molar-refractivity contribution is 5.74. The first-order chi connectivity index (χ1) is 10.2. The van der Waals surface area contributed by atoms with Crippen LogP contribution in [-0.4, -0.2) is 10.1 Å². The van der Waals surface area contributed by atoms with Gasteiger partial charge in [-0.3, -0.25) is 0 Å². The van der Waals surface area contributed by atoms with E-state index in [1.807, 2.05) is 49.4 Å². The van der Waals surface area contributed by atoms with E-state index in [-0.39, 0.29) is 11.8 Å². The molecule has 1 aromatic heterocycles. The summed E-state index contributed by atoms with van der Waals surface area (Å²) in [5.74, 6) is 0.0616. The lowest BCUT2D eigenvalue weighted by molar-refractivity contribution is 0.185. The molecular weight excluding hydrogens is 264 g/mol. The van der Waals surface area contributed by atoms with Crippen LogP contribution in [0.4, 0.5) is 0 Å². The second-order valence-corrected chi connectivity index (χ2v) is 4.94. The molecule has 21 heavy (non-hydrogen) atoms. The fraction of sp³-hybridized carbons (Fsp3) is 0.176. The Morgan fingerprint density at radius 1 is 1.14 bits per heavy atom. The Kier molecular flexibility index (Phi) is 3.43.